The smallest absolute Gasteiger partial charge is 0.125 e. The second-order valence-electron chi connectivity index (χ2n) is 5.32. The van der Waals surface area contributed by atoms with E-state index in [1.807, 2.05) is 0 Å². The number of imidazole rings is 1. The van der Waals surface area contributed by atoms with Crippen LogP contribution in [0.1, 0.15) is 43.2 Å². The van der Waals surface area contributed by atoms with Crippen molar-refractivity contribution in [2.75, 3.05) is 13.2 Å². The number of hydrogen-bond donors (Lipinski definition) is 1. The number of fused-ring (bicyclic) bond motifs is 1. The molecule has 0 bridgehead atoms. The molecule has 17 heavy (non-hydrogen) atoms. The summed E-state index contributed by atoms with van der Waals surface area (Å²) in [6.07, 6.45) is 7.96. The zero-order valence-corrected chi connectivity index (χ0v) is 10.3. The molecule has 1 fully saturated rings. The third-order valence-electron chi connectivity index (χ3n) is 3.86. The van der Waals surface area contributed by atoms with E-state index in [1.54, 1.807) is 0 Å². The van der Waals surface area contributed by atoms with Crippen molar-refractivity contribution in [1.82, 2.24) is 9.55 Å². The fourth-order valence-corrected chi connectivity index (χ4v) is 2.93. The van der Waals surface area contributed by atoms with E-state index in [1.165, 1.54) is 25.0 Å². The Morgan fingerprint density at radius 3 is 3.12 bits per heavy atom. The Bertz CT molecular complexity index is 382. The molecule has 0 radical (unpaired) electrons. The van der Waals surface area contributed by atoms with Crippen LogP contribution >= 0.6 is 0 Å². The third-order valence-corrected chi connectivity index (χ3v) is 3.86. The molecule has 4 heteroatoms. The molecule has 0 aromatic carbocycles. The molecule has 2 atom stereocenters. The number of nitrogens with zero attached hydrogens (tertiary/aromatic N) is 2. The van der Waals surface area contributed by atoms with Crippen molar-refractivity contribution < 1.29 is 4.74 Å². The van der Waals surface area contributed by atoms with E-state index in [-0.39, 0.29) is 6.04 Å². The lowest BCUT2D eigenvalue weighted by molar-refractivity contribution is 0.0547. The van der Waals surface area contributed by atoms with Gasteiger partial charge in [0.25, 0.3) is 0 Å². The highest BCUT2D eigenvalue weighted by Crippen LogP contribution is 2.24. The zero-order chi connectivity index (χ0) is 11.7. The Labute approximate surface area is 102 Å². The van der Waals surface area contributed by atoms with Gasteiger partial charge in [-0.05, 0) is 38.0 Å². The number of rotatable bonds is 2. The minimum absolute atomic E-state index is 0.139. The highest BCUT2D eigenvalue weighted by molar-refractivity contribution is 5.10. The average molecular weight is 235 g/mol. The van der Waals surface area contributed by atoms with Crippen molar-refractivity contribution >= 4 is 0 Å². The standard InChI is InChI=1S/C13H21N3O/c14-12-4-1-5-16-8-11(15-13(12)16)7-10-3-2-6-17-9-10/h8,10,12H,1-7,9,14H2. The first-order valence-electron chi connectivity index (χ1n) is 6.72. The topological polar surface area (TPSA) is 53.1 Å². The summed E-state index contributed by atoms with van der Waals surface area (Å²) >= 11 is 0. The molecule has 1 aromatic heterocycles. The molecule has 0 amide bonds. The van der Waals surface area contributed by atoms with Gasteiger partial charge in [0, 0.05) is 26.0 Å². The minimum atomic E-state index is 0.139. The van der Waals surface area contributed by atoms with Crippen LogP contribution in [0.25, 0.3) is 0 Å². The first-order chi connectivity index (χ1) is 8.33. The van der Waals surface area contributed by atoms with E-state index in [4.69, 9.17) is 15.5 Å². The van der Waals surface area contributed by atoms with Crippen LogP contribution in [0, 0.1) is 5.92 Å². The van der Waals surface area contributed by atoms with Gasteiger partial charge in [-0.15, -0.1) is 0 Å². The first-order valence-corrected chi connectivity index (χ1v) is 6.72. The number of aromatic nitrogens is 2. The first kappa shape index (κ1) is 11.2. The van der Waals surface area contributed by atoms with E-state index in [0.717, 1.165) is 38.4 Å². The van der Waals surface area contributed by atoms with Crippen molar-refractivity contribution in [3.05, 3.63) is 17.7 Å². The molecule has 3 heterocycles. The van der Waals surface area contributed by atoms with Crippen molar-refractivity contribution in [1.29, 1.82) is 0 Å². The average Bonchev–Trinajstić information content (AvgIpc) is 2.74. The Balaban J connectivity index is 1.71. The van der Waals surface area contributed by atoms with Crippen molar-refractivity contribution in [3.63, 3.8) is 0 Å². The Kier molecular flexibility index (Phi) is 3.16. The third kappa shape index (κ3) is 2.38. The van der Waals surface area contributed by atoms with Gasteiger partial charge in [-0.1, -0.05) is 0 Å². The van der Waals surface area contributed by atoms with Crippen molar-refractivity contribution in [2.45, 2.75) is 44.7 Å². The van der Waals surface area contributed by atoms with Gasteiger partial charge in [0.2, 0.25) is 0 Å². The maximum atomic E-state index is 6.08. The molecule has 2 N–H and O–H groups in total. The molecular formula is C13H21N3O. The van der Waals surface area contributed by atoms with Gasteiger partial charge in [-0.3, -0.25) is 0 Å². The second-order valence-corrected chi connectivity index (χ2v) is 5.32. The van der Waals surface area contributed by atoms with E-state index < -0.39 is 0 Å². The molecule has 1 aromatic rings. The molecule has 94 valence electrons. The summed E-state index contributed by atoms with van der Waals surface area (Å²) in [6, 6.07) is 0.139. The molecule has 0 aliphatic carbocycles. The predicted octanol–water partition coefficient (Wildman–Crippen LogP) is 1.65. The summed E-state index contributed by atoms with van der Waals surface area (Å²) < 4.78 is 7.76. The van der Waals surface area contributed by atoms with Crippen LogP contribution in [0.2, 0.25) is 0 Å². The quantitative estimate of drug-likeness (QED) is 0.848. The Morgan fingerprint density at radius 2 is 2.35 bits per heavy atom. The molecule has 1 saturated heterocycles. The summed E-state index contributed by atoms with van der Waals surface area (Å²) in [5.41, 5.74) is 7.29. The summed E-state index contributed by atoms with van der Waals surface area (Å²) in [6.45, 7) is 2.91. The van der Waals surface area contributed by atoms with Gasteiger partial charge in [0.1, 0.15) is 5.82 Å². The number of hydrogen-bond acceptors (Lipinski definition) is 3. The summed E-state index contributed by atoms with van der Waals surface area (Å²) in [4.78, 5) is 4.71. The fraction of sp³-hybridized carbons (Fsp3) is 0.769. The number of nitrogens with two attached hydrogens (primary N) is 1. The molecule has 3 rings (SSSR count). The van der Waals surface area contributed by atoms with Gasteiger partial charge in [-0.25, -0.2) is 4.98 Å². The van der Waals surface area contributed by atoms with Gasteiger partial charge in [0.05, 0.1) is 11.7 Å². The molecule has 2 aliphatic heterocycles. The van der Waals surface area contributed by atoms with Crippen molar-refractivity contribution in [2.24, 2.45) is 11.7 Å². The molecule has 2 aliphatic rings. The molecule has 4 nitrogen and oxygen atoms in total. The molecule has 0 saturated carbocycles. The maximum Gasteiger partial charge on any atom is 0.125 e. The zero-order valence-electron chi connectivity index (χ0n) is 10.3. The minimum Gasteiger partial charge on any atom is -0.381 e. The van der Waals surface area contributed by atoms with E-state index in [9.17, 15) is 0 Å². The van der Waals surface area contributed by atoms with Gasteiger partial charge >= 0.3 is 0 Å². The summed E-state index contributed by atoms with van der Waals surface area (Å²) in [7, 11) is 0. The molecule has 0 spiro atoms. The van der Waals surface area contributed by atoms with Gasteiger partial charge in [-0.2, -0.15) is 0 Å². The number of aryl methyl sites for hydroxylation is 1. The Hall–Kier alpha value is -0.870. The maximum absolute atomic E-state index is 6.08. The highest BCUT2D eigenvalue weighted by atomic mass is 16.5. The lowest BCUT2D eigenvalue weighted by Gasteiger charge is -2.20. The highest BCUT2D eigenvalue weighted by Gasteiger charge is 2.21. The largest absolute Gasteiger partial charge is 0.381 e. The van der Waals surface area contributed by atoms with Crippen LogP contribution in [-0.4, -0.2) is 22.8 Å². The Morgan fingerprint density at radius 1 is 1.41 bits per heavy atom. The SMILES string of the molecule is NC1CCCn2cc(CC3CCCOC3)nc21. The normalized spacial score (nSPS) is 29.0. The van der Waals surface area contributed by atoms with Crippen LogP contribution in [0.4, 0.5) is 0 Å². The number of ether oxygens (including phenoxy) is 1. The predicted molar refractivity (Wildman–Crippen MR) is 65.6 cm³/mol. The van der Waals surface area contributed by atoms with Crippen LogP contribution in [0.15, 0.2) is 6.20 Å². The molecule has 2 unspecified atom stereocenters. The van der Waals surface area contributed by atoms with Crippen LogP contribution in [0.3, 0.4) is 0 Å². The fourth-order valence-electron chi connectivity index (χ4n) is 2.93. The van der Waals surface area contributed by atoms with Gasteiger partial charge < -0.3 is 15.0 Å². The van der Waals surface area contributed by atoms with Crippen LogP contribution < -0.4 is 5.73 Å². The van der Waals surface area contributed by atoms with Crippen molar-refractivity contribution in [3.8, 4) is 0 Å². The van der Waals surface area contributed by atoms with Crippen LogP contribution in [-0.2, 0) is 17.7 Å². The second kappa shape index (κ2) is 4.78. The lowest BCUT2D eigenvalue weighted by atomic mass is 9.97. The summed E-state index contributed by atoms with van der Waals surface area (Å²) in [5, 5.41) is 0. The van der Waals surface area contributed by atoms with E-state index in [2.05, 4.69) is 10.8 Å². The van der Waals surface area contributed by atoms with Crippen LogP contribution in [0.5, 0.6) is 0 Å². The monoisotopic (exact) mass is 235 g/mol. The van der Waals surface area contributed by atoms with Gasteiger partial charge in [0.15, 0.2) is 0 Å². The van der Waals surface area contributed by atoms with E-state index >= 15 is 0 Å². The van der Waals surface area contributed by atoms with E-state index in [0.29, 0.717) is 5.92 Å². The summed E-state index contributed by atoms with van der Waals surface area (Å²) in [5.74, 6) is 1.74. The lowest BCUT2D eigenvalue weighted by Crippen LogP contribution is -2.21. The molecular weight excluding hydrogens is 214 g/mol.